The van der Waals surface area contributed by atoms with Gasteiger partial charge in [-0.1, -0.05) is 12.7 Å². The Kier molecular flexibility index (Phi) is 3.74. The van der Waals surface area contributed by atoms with E-state index < -0.39 is 0 Å². The first-order valence-corrected chi connectivity index (χ1v) is 4.25. The van der Waals surface area contributed by atoms with Crippen molar-refractivity contribution in [2.75, 3.05) is 14.2 Å². The van der Waals surface area contributed by atoms with Crippen LogP contribution in [-0.2, 0) is 4.79 Å². The Bertz CT molecular complexity index is 346. The molecule has 0 spiro atoms. The lowest BCUT2D eigenvalue weighted by atomic mass is 10.2. The SMILES string of the molecule is C=Cc1cc(OC)c(OC=O)c(OC)c1. The maximum atomic E-state index is 10.3. The predicted molar refractivity (Wildman–Crippen MR) is 56.3 cm³/mol. The number of hydrogen-bond acceptors (Lipinski definition) is 4. The van der Waals surface area contributed by atoms with Crippen LogP contribution in [0.25, 0.3) is 6.08 Å². The van der Waals surface area contributed by atoms with Gasteiger partial charge in [0, 0.05) is 0 Å². The van der Waals surface area contributed by atoms with Crippen molar-refractivity contribution in [2.45, 2.75) is 0 Å². The van der Waals surface area contributed by atoms with Crippen LogP contribution in [0.3, 0.4) is 0 Å². The average Bonchev–Trinajstić information content (AvgIpc) is 2.29. The minimum absolute atomic E-state index is 0.264. The fourth-order valence-corrected chi connectivity index (χ4v) is 1.18. The fraction of sp³-hybridized carbons (Fsp3) is 0.182. The van der Waals surface area contributed by atoms with Crippen LogP contribution in [0, 0.1) is 0 Å². The van der Waals surface area contributed by atoms with Crippen LogP contribution in [0.4, 0.5) is 0 Å². The molecule has 0 N–H and O–H groups in total. The molecule has 80 valence electrons. The molecule has 0 bridgehead atoms. The third-order valence-electron chi connectivity index (χ3n) is 1.88. The van der Waals surface area contributed by atoms with Crippen LogP contribution in [0.5, 0.6) is 17.2 Å². The summed E-state index contributed by atoms with van der Waals surface area (Å²) in [5.41, 5.74) is 0.821. The minimum Gasteiger partial charge on any atom is -0.493 e. The summed E-state index contributed by atoms with van der Waals surface area (Å²) < 4.78 is 14.9. The molecule has 0 saturated heterocycles. The average molecular weight is 208 g/mol. The van der Waals surface area contributed by atoms with Crippen molar-refractivity contribution in [3.8, 4) is 17.2 Å². The summed E-state index contributed by atoms with van der Waals surface area (Å²) in [6, 6.07) is 3.41. The van der Waals surface area contributed by atoms with Crippen LogP contribution in [-0.4, -0.2) is 20.7 Å². The van der Waals surface area contributed by atoms with Crippen LogP contribution in [0.1, 0.15) is 5.56 Å². The van der Waals surface area contributed by atoms with Gasteiger partial charge in [0.15, 0.2) is 11.5 Å². The predicted octanol–water partition coefficient (Wildman–Crippen LogP) is 1.88. The number of benzene rings is 1. The summed E-state index contributed by atoms with van der Waals surface area (Å²) in [5, 5.41) is 0. The molecule has 1 aromatic carbocycles. The zero-order valence-corrected chi connectivity index (χ0v) is 8.65. The van der Waals surface area contributed by atoms with Gasteiger partial charge in [-0.2, -0.15) is 0 Å². The molecule has 0 unspecified atom stereocenters. The van der Waals surface area contributed by atoms with Gasteiger partial charge in [0.1, 0.15) is 0 Å². The molecule has 0 saturated carbocycles. The first-order valence-electron chi connectivity index (χ1n) is 4.25. The highest BCUT2D eigenvalue weighted by Gasteiger charge is 2.12. The summed E-state index contributed by atoms with van der Waals surface area (Å²) in [7, 11) is 2.97. The molecule has 0 amide bonds. The largest absolute Gasteiger partial charge is 0.493 e. The van der Waals surface area contributed by atoms with Gasteiger partial charge in [-0.05, 0) is 17.7 Å². The smallest absolute Gasteiger partial charge is 0.298 e. The fourth-order valence-electron chi connectivity index (χ4n) is 1.18. The monoisotopic (exact) mass is 208 g/mol. The van der Waals surface area contributed by atoms with E-state index in [-0.39, 0.29) is 5.75 Å². The van der Waals surface area contributed by atoms with E-state index in [2.05, 4.69) is 6.58 Å². The Hall–Kier alpha value is -1.97. The molecule has 0 aliphatic heterocycles. The van der Waals surface area contributed by atoms with E-state index >= 15 is 0 Å². The van der Waals surface area contributed by atoms with Gasteiger partial charge >= 0.3 is 0 Å². The quantitative estimate of drug-likeness (QED) is 0.693. The lowest BCUT2D eigenvalue weighted by Gasteiger charge is -2.11. The van der Waals surface area contributed by atoms with E-state index in [9.17, 15) is 4.79 Å². The van der Waals surface area contributed by atoms with Crippen LogP contribution < -0.4 is 14.2 Å². The Balaban J connectivity index is 3.31. The van der Waals surface area contributed by atoms with Crippen molar-refractivity contribution in [3.05, 3.63) is 24.3 Å². The zero-order chi connectivity index (χ0) is 11.3. The molecular formula is C11H12O4. The van der Waals surface area contributed by atoms with Crippen molar-refractivity contribution >= 4 is 12.5 Å². The second-order valence-corrected chi connectivity index (χ2v) is 2.67. The molecule has 1 aromatic rings. The molecule has 0 atom stereocenters. The molecule has 0 heterocycles. The Labute approximate surface area is 88.1 Å². The van der Waals surface area contributed by atoms with Crippen molar-refractivity contribution in [3.63, 3.8) is 0 Å². The van der Waals surface area contributed by atoms with Gasteiger partial charge in [0.25, 0.3) is 6.47 Å². The number of hydrogen-bond donors (Lipinski definition) is 0. The van der Waals surface area contributed by atoms with Crippen molar-refractivity contribution in [2.24, 2.45) is 0 Å². The van der Waals surface area contributed by atoms with E-state index in [0.29, 0.717) is 18.0 Å². The number of carbonyl (C=O) groups is 1. The molecule has 0 aliphatic rings. The molecule has 4 heteroatoms. The third-order valence-corrected chi connectivity index (χ3v) is 1.88. The van der Waals surface area contributed by atoms with Gasteiger partial charge in [0.2, 0.25) is 5.75 Å². The van der Waals surface area contributed by atoms with Crippen LogP contribution in [0.15, 0.2) is 18.7 Å². The number of carbonyl (C=O) groups excluding carboxylic acids is 1. The van der Waals surface area contributed by atoms with Crippen molar-refractivity contribution in [1.82, 2.24) is 0 Å². The molecule has 0 fully saturated rings. The van der Waals surface area contributed by atoms with Gasteiger partial charge in [0.05, 0.1) is 14.2 Å². The molecule has 0 aromatic heterocycles. The van der Waals surface area contributed by atoms with E-state index in [1.54, 1.807) is 18.2 Å². The normalized spacial score (nSPS) is 9.20. The lowest BCUT2D eigenvalue weighted by Crippen LogP contribution is -1.97. The molecule has 0 aliphatic carbocycles. The molecular weight excluding hydrogens is 196 g/mol. The molecule has 4 nitrogen and oxygen atoms in total. The van der Waals surface area contributed by atoms with E-state index in [0.717, 1.165) is 5.56 Å². The summed E-state index contributed by atoms with van der Waals surface area (Å²) in [4.78, 5) is 10.3. The third kappa shape index (κ3) is 2.28. The van der Waals surface area contributed by atoms with Gasteiger partial charge in [-0.15, -0.1) is 0 Å². The first kappa shape index (κ1) is 11.1. The molecule has 15 heavy (non-hydrogen) atoms. The van der Waals surface area contributed by atoms with Gasteiger partial charge in [-0.3, -0.25) is 4.79 Å². The lowest BCUT2D eigenvalue weighted by molar-refractivity contribution is -0.120. The van der Waals surface area contributed by atoms with Crippen LogP contribution >= 0.6 is 0 Å². The Morgan fingerprint density at radius 1 is 1.20 bits per heavy atom. The van der Waals surface area contributed by atoms with Crippen molar-refractivity contribution < 1.29 is 19.0 Å². The standard InChI is InChI=1S/C11H12O4/c1-4-8-5-9(13-2)11(15-7-12)10(6-8)14-3/h4-7H,1H2,2-3H3. The summed E-state index contributed by atoms with van der Waals surface area (Å²) in [5.74, 6) is 1.12. The highest BCUT2D eigenvalue weighted by molar-refractivity contribution is 5.64. The maximum absolute atomic E-state index is 10.3. The summed E-state index contributed by atoms with van der Waals surface area (Å²) in [6.07, 6.45) is 1.65. The van der Waals surface area contributed by atoms with E-state index in [4.69, 9.17) is 14.2 Å². The van der Waals surface area contributed by atoms with Crippen molar-refractivity contribution in [1.29, 1.82) is 0 Å². The Morgan fingerprint density at radius 2 is 1.73 bits per heavy atom. The second-order valence-electron chi connectivity index (χ2n) is 2.67. The topological polar surface area (TPSA) is 44.8 Å². The molecule has 0 radical (unpaired) electrons. The molecule has 1 rings (SSSR count). The number of methoxy groups -OCH3 is 2. The van der Waals surface area contributed by atoms with Gasteiger partial charge < -0.3 is 14.2 Å². The highest BCUT2D eigenvalue weighted by atomic mass is 16.6. The summed E-state index contributed by atoms with van der Waals surface area (Å²) >= 11 is 0. The van der Waals surface area contributed by atoms with E-state index in [1.165, 1.54) is 14.2 Å². The number of rotatable bonds is 5. The number of ether oxygens (including phenoxy) is 3. The second kappa shape index (κ2) is 5.05. The summed E-state index contributed by atoms with van der Waals surface area (Å²) in [6.45, 7) is 3.96. The van der Waals surface area contributed by atoms with E-state index in [1.807, 2.05) is 0 Å². The minimum atomic E-state index is 0.264. The highest BCUT2D eigenvalue weighted by Crippen LogP contribution is 2.38. The van der Waals surface area contributed by atoms with Crippen LogP contribution in [0.2, 0.25) is 0 Å². The van der Waals surface area contributed by atoms with Gasteiger partial charge in [-0.25, -0.2) is 0 Å². The maximum Gasteiger partial charge on any atom is 0.298 e. The zero-order valence-electron chi connectivity index (χ0n) is 8.65. The first-order chi connectivity index (χ1) is 7.26. The Morgan fingerprint density at radius 3 is 2.07 bits per heavy atom.